The van der Waals surface area contributed by atoms with E-state index in [9.17, 15) is 16.8 Å². The smallest absolute Gasteiger partial charge is 0.283 e. The van der Waals surface area contributed by atoms with E-state index in [1.807, 2.05) is 0 Å². The van der Waals surface area contributed by atoms with Gasteiger partial charge >= 0.3 is 0 Å². The molecule has 0 unspecified atom stereocenters. The molecule has 0 amide bonds. The monoisotopic (exact) mass is 472 g/mol. The number of methoxy groups -OCH3 is 1. The van der Waals surface area contributed by atoms with Crippen molar-refractivity contribution in [1.29, 1.82) is 0 Å². The molecule has 32 heavy (non-hydrogen) atoms. The van der Waals surface area contributed by atoms with E-state index in [0.717, 1.165) is 8.17 Å². The Balaban J connectivity index is 1.81. The number of rotatable bonds is 6. The number of benzene rings is 2. The molecule has 0 fully saturated rings. The van der Waals surface area contributed by atoms with Crippen molar-refractivity contribution in [3.8, 4) is 16.9 Å². The first-order valence-corrected chi connectivity index (χ1v) is 12.3. The Morgan fingerprint density at radius 3 is 1.81 bits per heavy atom. The summed E-state index contributed by atoms with van der Waals surface area (Å²) in [6.45, 7) is 3.39. The summed E-state index contributed by atoms with van der Waals surface area (Å²) in [5.41, 5.74) is 2.04. The highest BCUT2D eigenvalue weighted by molar-refractivity contribution is 7.90. The predicted octanol–water partition coefficient (Wildman–Crippen LogP) is 2.85. The van der Waals surface area contributed by atoms with E-state index < -0.39 is 20.0 Å². The minimum Gasteiger partial charge on any atom is -0.497 e. The van der Waals surface area contributed by atoms with Crippen molar-refractivity contribution in [2.75, 3.05) is 7.11 Å². The van der Waals surface area contributed by atoms with Gasteiger partial charge in [0.1, 0.15) is 10.6 Å². The van der Waals surface area contributed by atoms with Crippen LogP contribution in [0.15, 0.2) is 76.8 Å². The van der Waals surface area contributed by atoms with Crippen LogP contribution in [0.3, 0.4) is 0 Å². The molecule has 0 spiro atoms. The Morgan fingerprint density at radius 2 is 1.31 bits per heavy atom. The lowest BCUT2D eigenvalue weighted by atomic mass is 10.1. The van der Waals surface area contributed by atoms with Crippen LogP contribution in [0, 0.1) is 13.8 Å². The van der Waals surface area contributed by atoms with E-state index in [4.69, 9.17) is 4.74 Å². The molecule has 11 heteroatoms. The van der Waals surface area contributed by atoms with Crippen molar-refractivity contribution in [2.45, 2.75) is 23.6 Å². The maximum atomic E-state index is 13.3. The van der Waals surface area contributed by atoms with Crippen molar-refractivity contribution in [3.05, 3.63) is 78.4 Å². The number of aromatic nitrogens is 4. The largest absolute Gasteiger partial charge is 0.497 e. The molecule has 4 rings (SSSR count). The lowest BCUT2D eigenvalue weighted by molar-refractivity contribution is 0.413. The van der Waals surface area contributed by atoms with Crippen LogP contribution in [0.2, 0.25) is 0 Å². The average Bonchev–Trinajstić information content (AvgIpc) is 3.42. The number of hydrogen-bond donors (Lipinski definition) is 0. The van der Waals surface area contributed by atoms with Crippen molar-refractivity contribution in [1.82, 2.24) is 18.4 Å². The summed E-state index contributed by atoms with van der Waals surface area (Å²) in [4.78, 5) is 0.0169. The second-order valence-electron chi connectivity index (χ2n) is 7.06. The average molecular weight is 473 g/mol. The van der Waals surface area contributed by atoms with Crippen LogP contribution in [-0.2, 0) is 20.0 Å². The van der Waals surface area contributed by atoms with Crippen molar-refractivity contribution >= 4 is 20.0 Å². The van der Waals surface area contributed by atoms with E-state index in [1.165, 1.54) is 37.7 Å². The second-order valence-corrected chi connectivity index (χ2v) is 10.6. The highest BCUT2D eigenvalue weighted by Gasteiger charge is 2.24. The molecular formula is C21H20N4O5S2. The van der Waals surface area contributed by atoms with Gasteiger partial charge in [0.15, 0.2) is 0 Å². The summed E-state index contributed by atoms with van der Waals surface area (Å²) in [5.74, 6) is 0.365. The molecule has 0 bridgehead atoms. The first-order valence-electron chi connectivity index (χ1n) is 9.47. The molecule has 4 aromatic rings. The zero-order valence-corrected chi connectivity index (χ0v) is 19.1. The third-order valence-corrected chi connectivity index (χ3v) is 7.97. The summed E-state index contributed by atoms with van der Waals surface area (Å²) in [6, 6.07) is 13.8. The third kappa shape index (κ3) is 3.80. The van der Waals surface area contributed by atoms with Crippen LogP contribution < -0.4 is 4.74 Å². The molecule has 166 valence electrons. The van der Waals surface area contributed by atoms with E-state index in [-0.39, 0.29) is 9.79 Å². The van der Waals surface area contributed by atoms with Crippen LogP contribution in [-0.4, -0.2) is 42.3 Å². The standard InChI is InChI=1S/C21H20N4O5S2/c1-15-10-12-24(22-15)31(26,27)19-7-4-17(5-8-19)20-9-6-18(30-3)14-21(20)32(28,29)25-13-11-16(2)23-25/h4-14H,1-3H3. The quantitative estimate of drug-likeness (QED) is 0.424. The number of ether oxygens (including phenoxy) is 1. The summed E-state index contributed by atoms with van der Waals surface area (Å²) in [5, 5.41) is 8.00. The van der Waals surface area contributed by atoms with Crippen LogP contribution >= 0.6 is 0 Å². The number of hydrogen-bond acceptors (Lipinski definition) is 7. The second kappa shape index (κ2) is 7.92. The summed E-state index contributed by atoms with van der Waals surface area (Å²) < 4.78 is 59.1. The van der Waals surface area contributed by atoms with Crippen LogP contribution in [0.4, 0.5) is 0 Å². The SMILES string of the molecule is COc1ccc(-c2ccc(S(=O)(=O)n3ccc(C)n3)cc2)c(S(=O)(=O)n2ccc(C)n2)c1. The van der Waals surface area contributed by atoms with Gasteiger partial charge in [-0.3, -0.25) is 0 Å². The lowest BCUT2D eigenvalue weighted by Gasteiger charge is -2.13. The Morgan fingerprint density at radius 1 is 0.750 bits per heavy atom. The summed E-state index contributed by atoms with van der Waals surface area (Å²) in [7, 11) is -6.42. The first kappa shape index (κ1) is 21.8. The maximum Gasteiger partial charge on any atom is 0.283 e. The molecule has 2 aromatic heterocycles. The molecule has 2 aromatic carbocycles. The van der Waals surface area contributed by atoms with Gasteiger partial charge in [0.25, 0.3) is 20.0 Å². The van der Waals surface area contributed by atoms with Crippen molar-refractivity contribution in [3.63, 3.8) is 0 Å². The van der Waals surface area contributed by atoms with E-state index in [2.05, 4.69) is 10.2 Å². The fourth-order valence-corrected chi connectivity index (χ4v) is 5.69. The Hall–Kier alpha value is -3.44. The molecule has 0 aliphatic carbocycles. The number of nitrogens with zero attached hydrogens (tertiary/aromatic N) is 4. The van der Waals surface area contributed by atoms with Crippen LogP contribution in [0.1, 0.15) is 11.4 Å². The molecule has 0 N–H and O–H groups in total. The maximum absolute atomic E-state index is 13.3. The lowest BCUT2D eigenvalue weighted by Crippen LogP contribution is -2.15. The van der Waals surface area contributed by atoms with E-state index in [0.29, 0.717) is 28.3 Å². The molecule has 0 saturated carbocycles. The predicted molar refractivity (Wildman–Crippen MR) is 118 cm³/mol. The fraction of sp³-hybridized carbons (Fsp3) is 0.143. The fourth-order valence-electron chi connectivity index (χ4n) is 3.15. The van der Waals surface area contributed by atoms with E-state index >= 15 is 0 Å². The highest BCUT2D eigenvalue weighted by Crippen LogP contribution is 2.32. The van der Waals surface area contributed by atoms with Gasteiger partial charge in [0, 0.05) is 24.0 Å². The minimum atomic E-state index is -4.02. The highest BCUT2D eigenvalue weighted by atomic mass is 32.2. The summed E-state index contributed by atoms with van der Waals surface area (Å²) in [6.07, 6.45) is 2.74. The van der Waals surface area contributed by atoms with Crippen LogP contribution in [0.25, 0.3) is 11.1 Å². The topological polar surface area (TPSA) is 113 Å². The van der Waals surface area contributed by atoms with Gasteiger partial charge in [-0.25, -0.2) is 0 Å². The third-order valence-electron chi connectivity index (χ3n) is 4.82. The van der Waals surface area contributed by atoms with Gasteiger partial charge in [0.2, 0.25) is 0 Å². The number of aryl methyl sites for hydroxylation is 2. The zero-order chi connectivity index (χ0) is 23.1. The van der Waals surface area contributed by atoms with E-state index in [1.54, 1.807) is 50.2 Å². The van der Waals surface area contributed by atoms with Gasteiger partial charge in [-0.1, -0.05) is 12.1 Å². The first-order chi connectivity index (χ1) is 15.1. The van der Waals surface area contributed by atoms with Gasteiger partial charge in [0.05, 0.1) is 23.4 Å². The summed E-state index contributed by atoms with van der Waals surface area (Å²) >= 11 is 0. The van der Waals surface area contributed by atoms with Crippen molar-refractivity contribution in [2.24, 2.45) is 0 Å². The van der Waals surface area contributed by atoms with Crippen LogP contribution in [0.5, 0.6) is 5.75 Å². The van der Waals surface area contributed by atoms with Gasteiger partial charge < -0.3 is 4.74 Å². The van der Waals surface area contributed by atoms with Gasteiger partial charge in [-0.15, -0.1) is 0 Å². The van der Waals surface area contributed by atoms with Crippen molar-refractivity contribution < 1.29 is 21.6 Å². The molecule has 0 aliphatic rings. The molecule has 0 saturated heterocycles. The minimum absolute atomic E-state index is 0.0155. The molecule has 0 aliphatic heterocycles. The molecular weight excluding hydrogens is 452 g/mol. The normalized spacial score (nSPS) is 12.1. The Bertz CT molecular complexity index is 1500. The molecule has 9 nitrogen and oxygen atoms in total. The molecule has 0 radical (unpaired) electrons. The zero-order valence-electron chi connectivity index (χ0n) is 17.5. The van der Waals surface area contributed by atoms with Gasteiger partial charge in [-0.2, -0.15) is 35.2 Å². The Kier molecular flexibility index (Phi) is 5.39. The van der Waals surface area contributed by atoms with Gasteiger partial charge in [-0.05, 0) is 55.8 Å². The molecule has 0 atom stereocenters. The Labute approximate surface area is 186 Å². The molecule has 2 heterocycles.